The second-order valence-electron chi connectivity index (χ2n) is 12.7. The van der Waals surface area contributed by atoms with Gasteiger partial charge >= 0.3 is 5.97 Å². The Hall–Kier alpha value is -4.07. The molecule has 0 bridgehead atoms. The van der Waals surface area contributed by atoms with Gasteiger partial charge in [0.25, 0.3) is 0 Å². The van der Waals surface area contributed by atoms with Crippen molar-refractivity contribution in [3.05, 3.63) is 124 Å². The van der Waals surface area contributed by atoms with E-state index in [4.69, 9.17) is 38.0 Å². The number of nitrogens with zero attached hydrogens (tertiary/aromatic N) is 2. The standard InChI is InChI=1S/C38H41Cl2N3O4.C3H8/c1-2-3-22-43-24-35(32-11-7-10-30(39)18-21-33(32)40)41-36(43)34(42-37(44)28-8-5-4-6-9-28)23-26-14-19-31(20-15-26)47-25-27-12-16-29(17-13-27)38(45)46;1-3-2/h2-3,7,10,12-21,24,28,30,34H,4-6,8-9,11,22-23,25H2,1H3,(H,42,44)(H,45,46);3H2,1-2H3/b3-2-,10-7-,21-18?,33-32-;. The van der Waals surface area contributed by atoms with Crippen LogP contribution in [-0.4, -0.2) is 31.9 Å². The van der Waals surface area contributed by atoms with E-state index >= 15 is 0 Å². The number of carbonyl (C=O) groups excluding carboxylic acids is 1. The van der Waals surface area contributed by atoms with Crippen LogP contribution in [0.25, 0.3) is 5.57 Å². The Balaban J connectivity index is 0.00000181. The summed E-state index contributed by atoms with van der Waals surface area (Å²) in [6, 6.07) is 14.1. The van der Waals surface area contributed by atoms with Crippen molar-refractivity contribution in [3.63, 3.8) is 0 Å². The molecule has 1 fully saturated rings. The molecule has 1 amide bonds. The van der Waals surface area contributed by atoms with E-state index in [0.717, 1.165) is 53.9 Å². The average Bonchev–Trinajstić information content (AvgIpc) is 3.54. The number of aromatic carboxylic acids is 1. The Bertz CT molecular complexity index is 1670. The number of carbonyl (C=O) groups is 2. The molecule has 0 saturated heterocycles. The molecular formula is C41H49Cl2N3O4. The number of amides is 1. The normalized spacial score (nSPS) is 19.2. The van der Waals surface area contributed by atoms with E-state index in [9.17, 15) is 9.59 Å². The average molecular weight is 719 g/mol. The maximum atomic E-state index is 13.6. The number of ether oxygens (including phenoxy) is 1. The number of allylic oxidation sites excluding steroid dienone is 8. The van der Waals surface area contributed by atoms with E-state index in [1.54, 1.807) is 24.3 Å². The smallest absolute Gasteiger partial charge is 0.335 e. The molecule has 2 unspecified atom stereocenters. The molecule has 7 nitrogen and oxygen atoms in total. The number of hydrogen-bond acceptors (Lipinski definition) is 4. The Morgan fingerprint density at radius 3 is 2.38 bits per heavy atom. The van der Waals surface area contributed by atoms with E-state index < -0.39 is 5.97 Å². The highest BCUT2D eigenvalue weighted by Crippen LogP contribution is 2.31. The van der Waals surface area contributed by atoms with Gasteiger partial charge in [0, 0.05) is 29.3 Å². The molecule has 3 aromatic rings. The Kier molecular flexibility index (Phi) is 15.5. The summed E-state index contributed by atoms with van der Waals surface area (Å²) in [7, 11) is 0. The largest absolute Gasteiger partial charge is 0.489 e. The number of carboxylic acid groups (broad SMARTS) is 1. The summed E-state index contributed by atoms with van der Waals surface area (Å²) in [5, 5.41) is 12.9. The van der Waals surface area contributed by atoms with Crippen LogP contribution in [0.1, 0.15) is 105 Å². The number of hydrogen-bond donors (Lipinski definition) is 2. The van der Waals surface area contributed by atoms with Crippen molar-refractivity contribution in [2.75, 3.05) is 0 Å². The van der Waals surface area contributed by atoms with Gasteiger partial charge in [-0.15, -0.1) is 11.6 Å². The molecule has 2 N–H and O–H groups in total. The zero-order valence-electron chi connectivity index (χ0n) is 29.3. The van der Waals surface area contributed by atoms with E-state index in [1.807, 2.05) is 67.8 Å². The molecule has 1 aromatic heterocycles. The van der Waals surface area contributed by atoms with Gasteiger partial charge in [-0.1, -0.05) is 106 Å². The highest BCUT2D eigenvalue weighted by Gasteiger charge is 2.27. The number of nitrogens with one attached hydrogen (secondary N) is 1. The fraction of sp³-hybridized carbons (Fsp3) is 0.390. The molecule has 2 aliphatic rings. The number of rotatable bonds is 12. The van der Waals surface area contributed by atoms with Crippen LogP contribution in [0.4, 0.5) is 0 Å². The quantitative estimate of drug-likeness (QED) is 0.144. The van der Waals surface area contributed by atoms with Gasteiger partial charge in [0.1, 0.15) is 18.2 Å². The van der Waals surface area contributed by atoms with Gasteiger partial charge in [-0.25, -0.2) is 9.78 Å². The van der Waals surface area contributed by atoms with Crippen LogP contribution in [0.2, 0.25) is 0 Å². The summed E-state index contributed by atoms with van der Waals surface area (Å²) in [6.07, 6.45) is 21.3. The topological polar surface area (TPSA) is 93.5 Å². The summed E-state index contributed by atoms with van der Waals surface area (Å²) in [4.78, 5) is 29.9. The van der Waals surface area contributed by atoms with Crippen molar-refractivity contribution in [2.45, 2.75) is 96.7 Å². The van der Waals surface area contributed by atoms with Crippen LogP contribution in [-0.2, 0) is 24.4 Å². The third-order valence-electron chi connectivity index (χ3n) is 8.58. The van der Waals surface area contributed by atoms with Crippen molar-refractivity contribution in [1.29, 1.82) is 0 Å². The van der Waals surface area contributed by atoms with Crippen molar-refractivity contribution in [3.8, 4) is 5.75 Å². The molecule has 0 radical (unpaired) electrons. The number of imidazole rings is 1. The van der Waals surface area contributed by atoms with Gasteiger partial charge in [-0.05, 0) is 74.1 Å². The van der Waals surface area contributed by atoms with Crippen LogP contribution in [0.3, 0.4) is 0 Å². The second kappa shape index (κ2) is 19.9. The van der Waals surface area contributed by atoms with E-state index in [0.29, 0.717) is 36.8 Å². The Morgan fingerprint density at radius 2 is 1.72 bits per heavy atom. The van der Waals surface area contributed by atoms with Gasteiger partial charge in [-0.2, -0.15) is 0 Å². The number of alkyl halides is 1. The minimum absolute atomic E-state index is 0.00606. The molecule has 50 heavy (non-hydrogen) atoms. The number of carboxylic acids is 1. The first-order chi connectivity index (χ1) is 24.2. The molecule has 5 rings (SSSR count). The minimum Gasteiger partial charge on any atom is -0.489 e. The summed E-state index contributed by atoms with van der Waals surface area (Å²) in [6.45, 7) is 7.16. The van der Waals surface area contributed by atoms with E-state index in [2.05, 4.69) is 29.8 Å². The maximum Gasteiger partial charge on any atom is 0.335 e. The first-order valence-corrected chi connectivity index (χ1v) is 18.4. The fourth-order valence-electron chi connectivity index (χ4n) is 5.93. The zero-order chi connectivity index (χ0) is 35.9. The molecule has 266 valence electrons. The van der Waals surface area contributed by atoms with E-state index in [-0.39, 0.29) is 28.8 Å². The molecule has 1 saturated carbocycles. The van der Waals surface area contributed by atoms with Crippen molar-refractivity contribution >= 4 is 40.7 Å². The maximum absolute atomic E-state index is 13.6. The molecular weight excluding hydrogens is 669 g/mol. The lowest BCUT2D eigenvalue weighted by Crippen LogP contribution is -2.37. The molecule has 0 aliphatic heterocycles. The molecule has 2 aromatic carbocycles. The van der Waals surface area contributed by atoms with Gasteiger partial charge in [0.2, 0.25) is 5.91 Å². The highest BCUT2D eigenvalue weighted by molar-refractivity contribution is 6.34. The van der Waals surface area contributed by atoms with Gasteiger partial charge in [-0.3, -0.25) is 4.79 Å². The first kappa shape index (κ1) is 38.7. The molecule has 0 spiro atoms. The lowest BCUT2D eigenvalue weighted by molar-refractivity contribution is -0.126. The van der Waals surface area contributed by atoms with Crippen LogP contribution in [0.15, 0.2) is 96.2 Å². The molecule has 2 aliphatic carbocycles. The van der Waals surface area contributed by atoms with Crippen LogP contribution in [0.5, 0.6) is 5.75 Å². The molecule has 1 heterocycles. The summed E-state index contributed by atoms with van der Waals surface area (Å²) in [5.41, 5.74) is 3.82. The van der Waals surface area contributed by atoms with Crippen LogP contribution in [0, 0.1) is 5.92 Å². The molecule has 2 atom stereocenters. The summed E-state index contributed by atoms with van der Waals surface area (Å²) < 4.78 is 8.07. The highest BCUT2D eigenvalue weighted by atomic mass is 35.5. The van der Waals surface area contributed by atoms with Crippen molar-refractivity contribution in [1.82, 2.24) is 14.9 Å². The SMILES string of the molecule is C/C=C\Cn1cc(/C2=C(\Cl)C=CC(Cl)/C=C\C2)nc1C(Cc1ccc(OCc2ccc(C(=O)O)cc2)cc1)NC(=O)C1CCCCC1.CCC. The lowest BCUT2D eigenvalue weighted by atomic mass is 9.88. The minimum atomic E-state index is -0.957. The summed E-state index contributed by atoms with van der Waals surface area (Å²) in [5.74, 6) is 0.595. The van der Waals surface area contributed by atoms with Crippen LogP contribution >= 0.6 is 23.2 Å². The predicted octanol–water partition coefficient (Wildman–Crippen LogP) is 10.2. The third-order valence-corrected chi connectivity index (χ3v) is 9.23. The van der Waals surface area contributed by atoms with Gasteiger partial charge < -0.3 is 19.7 Å². The summed E-state index contributed by atoms with van der Waals surface area (Å²) >= 11 is 13.0. The van der Waals surface area contributed by atoms with Crippen molar-refractivity contribution < 1.29 is 19.4 Å². The van der Waals surface area contributed by atoms with Crippen molar-refractivity contribution in [2.24, 2.45) is 5.92 Å². The second-order valence-corrected chi connectivity index (χ2v) is 13.6. The number of halogens is 2. The van der Waals surface area contributed by atoms with Gasteiger partial charge in [0.05, 0.1) is 22.7 Å². The van der Waals surface area contributed by atoms with Crippen LogP contribution < -0.4 is 10.1 Å². The first-order valence-electron chi connectivity index (χ1n) is 17.6. The number of aromatic nitrogens is 2. The Labute approximate surface area is 306 Å². The zero-order valence-corrected chi connectivity index (χ0v) is 30.8. The monoisotopic (exact) mass is 717 g/mol. The molecule has 9 heteroatoms. The fourth-order valence-corrected chi connectivity index (χ4v) is 6.35. The lowest BCUT2D eigenvalue weighted by Gasteiger charge is -2.25. The van der Waals surface area contributed by atoms with E-state index in [1.165, 1.54) is 12.8 Å². The third kappa shape index (κ3) is 11.5. The van der Waals surface area contributed by atoms with Gasteiger partial charge in [0.15, 0.2) is 0 Å². The predicted molar refractivity (Wildman–Crippen MR) is 204 cm³/mol. The number of benzene rings is 2. The Morgan fingerprint density at radius 1 is 1.04 bits per heavy atom.